The minimum Gasteiger partial charge on any atom is -0.463 e. The monoisotopic (exact) mass is 504 g/mol. The van der Waals surface area contributed by atoms with Crippen molar-refractivity contribution < 1.29 is 34.0 Å². The summed E-state index contributed by atoms with van der Waals surface area (Å²) in [5, 5.41) is 24.6. The highest BCUT2D eigenvalue weighted by molar-refractivity contribution is 5.88. The fourth-order valence-electron chi connectivity index (χ4n) is 10.4. The molecule has 7 nitrogen and oxygen atoms in total. The molecule has 6 fully saturated rings. The molecule has 1 unspecified atom stereocenters. The maximum Gasteiger partial charge on any atom is 0.302 e. The number of ketones is 1. The Morgan fingerprint density at radius 2 is 1.81 bits per heavy atom. The Labute approximate surface area is 214 Å². The minimum atomic E-state index is -1.57. The molecule has 12 atom stereocenters. The van der Waals surface area contributed by atoms with Gasteiger partial charge in [-0.15, -0.1) is 0 Å². The summed E-state index contributed by atoms with van der Waals surface area (Å²) in [5.41, 5.74) is -2.48. The number of hydrogen-bond acceptors (Lipinski definition) is 7. The maximum atomic E-state index is 14.2. The topological polar surface area (TPSA) is 102 Å². The van der Waals surface area contributed by atoms with Crippen LogP contribution < -0.4 is 0 Å². The van der Waals surface area contributed by atoms with Crippen molar-refractivity contribution in [2.75, 3.05) is 6.61 Å². The van der Waals surface area contributed by atoms with Crippen molar-refractivity contribution in [3.8, 4) is 0 Å². The smallest absolute Gasteiger partial charge is 0.302 e. The molecule has 2 aliphatic heterocycles. The lowest BCUT2D eigenvalue weighted by Crippen LogP contribution is -2.66. The van der Waals surface area contributed by atoms with Gasteiger partial charge in [-0.25, -0.2) is 0 Å². The van der Waals surface area contributed by atoms with Crippen molar-refractivity contribution in [2.45, 2.75) is 116 Å². The lowest BCUT2D eigenvalue weighted by molar-refractivity contribution is -0.335. The summed E-state index contributed by atoms with van der Waals surface area (Å²) < 4.78 is 18.3. The van der Waals surface area contributed by atoms with Crippen molar-refractivity contribution in [1.82, 2.24) is 0 Å². The van der Waals surface area contributed by atoms with Crippen LogP contribution in [0.25, 0.3) is 0 Å². The van der Waals surface area contributed by atoms with Crippen LogP contribution in [-0.2, 0) is 23.8 Å². The van der Waals surface area contributed by atoms with E-state index in [1.54, 1.807) is 0 Å². The molecule has 2 N–H and O–H groups in total. The molecule has 0 radical (unpaired) electrons. The summed E-state index contributed by atoms with van der Waals surface area (Å²) in [6.45, 7) is 10.4. The summed E-state index contributed by atoms with van der Waals surface area (Å²) in [5.74, 6) is -2.53. The maximum absolute atomic E-state index is 14.2. The van der Waals surface area contributed by atoms with Gasteiger partial charge >= 0.3 is 5.97 Å². The van der Waals surface area contributed by atoms with E-state index in [1.165, 1.54) is 6.92 Å². The highest BCUT2D eigenvalue weighted by Gasteiger charge is 2.82. The summed E-state index contributed by atoms with van der Waals surface area (Å²) >= 11 is 0. The number of hydrogen-bond donors (Lipinski definition) is 2. The third-order valence-corrected chi connectivity index (χ3v) is 12.2. The molecule has 0 bridgehead atoms. The van der Waals surface area contributed by atoms with Crippen molar-refractivity contribution >= 4 is 11.8 Å². The van der Waals surface area contributed by atoms with E-state index in [4.69, 9.17) is 14.2 Å². The summed E-state index contributed by atoms with van der Waals surface area (Å²) in [6.07, 6.45) is 6.35. The summed E-state index contributed by atoms with van der Waals surface area (Å²) in [4.78, 5) is 25.8. The van der Waals surface area contributed by atoms with Gasteiger partial charge in [-0.2, -0.15) is 0 Å². The highest BCUT2D eigenvalue weighted by Crippen LogP contribution is 2.74. The molecular weight excluding hydrogens is 460 g/mol. The summed E-state index contributed by atoms with van der Waals surface area (Å²) in [6, 6.07) is 0. The van der Waals surface area contributed by atoms with Crippen molar-refractivity contribution in [1.29, 1.82) is 0 Å². The predicted molar refractivity (Wildman–Crippen MR) is 130 cm³/mol. The van der Waals surface area contributed by atoms with Crippen LogP contribution in [0, 0.1) is 46.3 Å². The minimum absolute atomic E-state index is 0.0542. The van der Waals surface area contributed by atoms with E-state index in [1.807, 2.05) is 13.8 Å². The van der Waals surface area contributed by atoms with Gasteiger partial charge in [-0.3, -0.25) is 9.59 Å². The van der Waals surface area contributed by atoms with Gasteiger partial charge in [0.25, 0.3) is 0 Å². The van der Waals surface area contributed by atoms with Crippen LogP contribution in [-0.4, -0.2) is 51.9 Å². The van der Waals surface area contributed by atoms with Gasteiger partial charge in [-0.05, 0) is 74.5 Å². The number of fused-ring (bicyclic) bond motifs is 7. The lowest BCUT2D eigenvalue weighted by atomic mass is 9.42. The van der Waals surface area contributed by atoms with Crippen LogP contribution in [0.15, 0.2) is 0 Å². The molecule has 202 valence electrons. The Hall–Kier alpha value is -1.02. The number of carbonyl (C=O) groups is 2. The van der Waals surface area contributed by atoms with E-state index in [9.17, 15) is 19.8 Å². The Balaban J connectivity index is 1.32. The zero-order valence-electron chi connectivity index (χ0n) is 22.5. The van der Waals surface area contributed by atoms with Gasteiger partial charge in [0.05, 0.1) is 17.6 Å². The molecule has 2 saturated heterocycles. The van der Waals surface area contributed by atoms with Gasteiger partial charge < -0.3 is 24.4 Å². The quantitative estimate of drug-likeness (QED) is 0.521. The fourth-order valence-corrected chi connectivity index (χ4v) is 10.4. The van der Waals surface area contributed by atoms with E-state index in [2.05, 4.69) is 13.8 Å². The Morgan fingerprint density at radius 1 is 1.06 bits per heavy atom. The number of aliphatic hydroxyl groups is 2. The number of carbonyl (C=O) groups excluding carboxylic acids is 2. The third-order valence-electron chi connectivity index (χ3n) is 12.2. The van der Waals surface area contributed by atoms with Crippen molar-refractivity contribution in [2.24, 2.45) is 46.3 Å². The zero-order chi connectivity index (χ0) is 25.9. The zero-order valence-corrected chi connectivity index (χ0v) is 22.5. The van der Waals surface area contributed by atoms with Crippen molar-refractivity contribution in [3.05, 3.63) is 0 Å². The van der Waals surface area contributed by atoms with Crippen LogP contribution in [0.2, 0.25) is 0 Å². The molecule has 0 aromatic rings. The largest absolute Gasteiger partial charge is 0.463 e. The normalized spacial score (nSPS) is 58.1. The van der Waals surface area contributed by atoms with Crippen LogP contribution in [0.5, 0.6) is 0 Å². The second kappa shape index (κ2) is 7.77. The Bertz CT molecular complexity index is 957. The molecule has 6 aliphatic rings. The predicted octanol–water partition coefficient (Wildman–Crippen LogP) is 3.98. The lowest BCUT2D eigenvalue weighted by Gasteiger charge is -2.63. The number of Topliss-reactive ketones (excluding diaryl/α,β-unsaturated/α-hetero) is 1. The molecular formula is C29H44O7. The second-order valence-electron chi connectivity index (χ2n) is 13.9. The van der Waals surface area contributed by atoms with E-state index in [0.29, 0.717) is 31.3 Å². The molecule has 36 heavy (non-hydrogen) atoms. The molecule has 6 rings (SSSR count). The molecule has 7 heteroatoms. The average Bonchev–Trinajstić information content (AvgIpc) is 3.12. The van der Waals surface area contributed by atoms with Crippen LogP contribution in [0.3, 0.4) is 0 Å². The van der Waals surface area contributed by atoms with Crippen molar-refractivity contribution in [3.63, 3.8) is 0 Å². The molecule has 0 aromatic heterocycles. The van der Waals surface area contributed by atoms with Crippen LogP contribution in [0.1, 0.15) is 92.4 Å². The summed E-state index contributed by atoms with van der Waals surface area (Å²) in [7, 11) is 0. The molecule has 4 saturated carbocycles. The standard InChI is InChI=1S/C29H44O7/c1-16-8-11-29(34-14-16)17(2)24-26(5)23(31)13-22-21(27(26,32)15-28(24,33)36-29)7-6-19-12-20(35-18(3)30)9-10-25(19,22)4/h16-17,19-22,24,32-33H,6-15H2,1-5H3/t16?,17-,19-,20-,21+,22-,24+,25-,26+,27-,28-,29+/m0/s1. The molecule has 4 aliphatic carbocycles. The molecule has 1 spiro atoms. The van der Waals surface area contributed by atoms with Gasteiger partial charge in [-0.1, -0.05) is 20.8 Å². The first-order valence-corrected chi connectivity index (χ1v) is 14.3. The number of esters is 1. The van der Waals surface area contributed by atoms with E-state index >= 15 is 0 Å². The highest BCUT2D eigenvalue weighted by atomic mass is 16.8. The molecule has 2 heterocycles. The molecule has 0 aromatic carbocycles. The molecule has 0 amide bonds. The Morgan fingerprint density at radius 3 is 2.47 bits per heavy atom. The van der Waals surface area contributed by atoms with Gasteiger partial charge in [0, 0.05) is 38.0 Å². The Kier molecular flexibility index (Phi) is 5.45. The van der Waals surface area contributed by atoms with Gasteiger partial charge in [0.2, 0.25) is 0 Å². The van der Waals surface area contributed by atoms with Gasteiger partial charge in [0.1, 0.15) is 11.9 Å². The van der Waals surface area contributed by atoms with E-state index < -0.39 is 28.5 Å². The first kappa shape index (κ1) is 25.3. The SMILES string of the molecule is CC(=O)O[C@H]1CC[C@@]2(C)[C@@H](CC[C@@H]3[C@@H]2CC(=O)[C@]2(C)[C@H]4[C@H](C)[C@@]5(CCC(C)CO5)O[C@@]4(O)C[C@]32O)C1. The first-order chi connectivity index (χ1) is 16.8. The third kappa shape index (κ3) is 3.06. The van der Waals surface area contributed by atoms with E-state index in [-0.39, 0.29) is 47.4 Å². The first-order valence-electron chi connectivity index (χ1n) is 14.3. The number of rotatable bonds is 1. The van der Waals surface area contributed by atoms with E-state index in [0.717, 1.165) is 38.5 Å². The average molecular weight is 505 g/mol. The fraction of sp³-hybridized carbons (Fsp3) is 0.931. The van der Waals surface area contributed by atoms with Crippen LogP contribution >= 0.6 is 0 Å². The second-order valence-corrected chi connectivity index (χ2v) is 13.9. The van der Waals surface area contributed by atoms with Crippen LogP contribution in [0.4, 0.5) is 0 Å². The van der Waals surface area contributed by atoms with Gasteiger partial charge in [0.15, 0.2) is 11.6 Å². The number of ether oxygens (including phenoxy) is 3.